The van der Waals surface area contributed by atoms with Crippen molar-refractivity contribution in [1.82, 2.24) is 10.6 Å². The summed E-state index contributed by atoms with van der Waals surface area (Å²) in [6.07, 6.45) is 0. The molecule has 1 rings (SSSR count). The van der Waals surface area contributed by atoms with Crippen LogP contribution >= 0.6 is 24.0 Å². The lowest BCUT2D eigenvalue weighted by Crippen LogP contribution is -2.41. The van der Waals surface area contributed by atoms with E-state index in [0.29, 0.717) is 31.4 Å². The maximum Gasteiger partial charge on any atom is 0.191 e. The summed E-state index contributed by atoms with van der Waals surface area (Å²) in [7, 11) is 2.47. The number of aliphatic imine (C=N–C) groups is 1. The number of guanidine groups is 1. The predicted octanol–water partition coefficient (Wildman–Crippen LogP) is 2.40. The minimum Gasteiger partial charge on any atom is -0.497 e. The molecule has 0 amide bonds. The van der Waals surface area contributed by atoms with Gasteiger partial charge in [0.25, 0.3) is 0 Å². The highest BCUT2D eigenvalue weighted by atomic mass is 127. The van der Waals surface area contributed by atoms with E-state index in [2.05, 4.69) is 15.6 Å². The Hall–Kier alpha value is -1.03. The van der Waals surface area contributed by atoms with Crippen molar-refractivity contribution in [3.8, 4) is 11.5 Å². The minimum absolute atomic E-state index is 0. The van der Waals surface area contributed by atoms with Crippen LogP contribution in [0.25, 0.3) is 0 Å². The van der Waals surface area contributed by atoms with Gasteiger partial charge in [-0.25, -0.2) is 0 Å². The number of halogens is 1. The fourth-order valence-electron chi connectivity index (χ4n) is 1.80. The molecule has 0 aliphatic carbocycles. The molecule has 144 valence electrons. The van der Waals surface area contributed by atoms with Crippen LogP contribution in [-0.4, -0.2) is 54.5 Å². The van der Waals surface area contributed by atoms with Crippen LogP contribution in [0.4, 0.5) is 0 Å². The minimum atomic E-state index is -0.871. The summed E-state index contributed by atoms with van der Waals surface area (Å²) in [6, 6.07) is 7.46. The third kappa shape index (κ3) is 9.88. The van der Waals surface area contributed by atoms with Crippen LogP contribution in [0.1, 0.15) is 20.8 Å². The monoisotopic (exact) mass is 483 g/mol. The van der Waals surface area contributed by atoms with Crippen molar-refractivity contribution >= 4 is 40.7 Å². The van der Waals surface area contributed by atoms with E-state index in [1.54, 1.807) is 14.2 Å². The van der Waals surface area contributed by atoms with Crippen molar-refractivity contribution in [2.24, 2.45) is 4.99 Å². The number of nitrogens with one attached hydrogen (secondary N) is 2. The first-order chi connectivity index (χ1) is 11.4. The molecule has 1 unspecified atom stereocenters. The summed E-state index contributed by atoms with van der Waals surface area (Å²) in [5, 5.41) is 6.32. The third-order valence-electron chi connectivity index (χ3n) is 3.21. The Morgan fingerprint density at radius 1 is 1.12 bits per heavy atom. The zero-order valence-corrected chi connectivity index (χ0v) is 18.8. The van der Waals surface area contributed by atoms with Crippen LogP contribution in [0.15, 0.2) is 29.3 Å². The topological polar surface area (TPSA) is 72.0 Å². The van der Waals surface area contributed by atoms with E-state index in [-0.39, 0.29) is 28.7 Å². The maximum absolute atomic E-state index is 12.0. The average Bonchev–Trinajstić information content (AvgIpc) is 2.56. The van der Waals surface area contributed by atoms with Crippen LogP contribution in [0.2, 0.25) is 0 Å². The van der Waals surface area contributed by atoms with Gasteiger partial charge in [0.15, 0.2) is 5.96 Å². The van der Waals surface area contributed by atoms with Gasteiger partial charge in [0.05, 0.1) is 13.7 Å². The van der Waals surface area contributed by atoms with Gasteiger partial charge >= 0.3 is 0 Å². The molecule has 0 aliphatic rings. The van der Waals surface area contributed by atoms with Crippen molar-refractivity contribution in [3.05, 3.63) is 24.3 Å². The number of methoxy groups -OCH3 is 1. The van der Waals surface area contributed by atoms with Crippen molar-refractivity contribution in [2.45, 2.75) is 25.5 Å². The zero-order valence-electron chi connectivity index (χ0n) is 15.6. The molecule has 25 heavy (non-hydrogen) atoms. The fourth-order valence-corrected chi connectivity index (χ4v) is 2.70. The molecular formula is C17H30IN3O3S. The molecule has 1 aromatic carbocycles. The highest BCUT2D eigenvalue weighted by Crippen LogP contribution is 2.16. The van der Waals surface area contributed by atoms with Gasteiger partial charge in [0.1, 0.15) is 18.1 Å². The van der Waals surface area contributed by atoms with E-state index < -0.39 is 10.8 Å². The first kappa shape index (κ1) is 24.0. The molecule has 0 saturated carbocycles. The molecule has 0 aliphatic heterocycles. The van der Waals surface area contributed by atoms with E-state index in [1.165, 1.54) is 0 Å². The molecule has 0 radical (unpaired) electrons. The Balaban J connectivity index is 0.00000576. The molecule has 0 fully saturated rings. The lowest BCUT2D eigenvalue weighted by atomic mass is 10.3. The molecule has 1 atom stereocenters. The summed E-state index contributed by atoms with van der Waals surface area (Å²) in [5.41, 5.74) is 0. The average molecular weight is 483 g/mol. The second kappa shape index (κ2) is 12.3. The van der Waals surface area contributed by atoms with Crippen molar-refractivity contribution in [2.75, 3.05) is 39.6 Å². The lowest BCUT2D eigenvalue weighted by molar-refractivity contribution is 0.321. The van der Waals surface area contributed by atoms with Gasteiger partial charge in [0, 0.05) is 34.9 Å². The number of ether oxygens (including phenoxy) is 2. The van der Waals surface area contributed by atoms with E-state index in [0.717, 1.165) is 11.5 Å². The molecular weight excluding hydrogens is 453 g/mol. The molecule has 0 saturated heterocycles. The molecule has 0 aromatic heterocycles. The molecule has 6 nitrogen and oxygen atoms in total. The second-order valence-corrected chi connectivity index (χ2v) is 8.44. The Morgan fingerprint density at radius 2 is 1.68 bits per heavy atom. The molecule has 0 heterocycles. The molecule has 0 bridgehead atoms. The van der Waals surface area contributed by atoms with Crippen LogP contribution in [-0.2, 0) is 10.8 Å². The van der Waals surface area contributed by atoms with Crippen molar-refractivity contribution < 1.29 is 13.7 Å². The number of hydrogen-bond acceptors (Lipinski definition) is 4. The molecule has 1 aromatic rings. The summed E-state index contributed by atoms with van der Waals surface area (Å²) in [5.74, 6) is 2.87. The van der Waals surface area contributed by atoms with E-state index in [4.69, 9.17) is 9.47 Å². The number of benzene rings is 1. The predicted molar refractivity (Wildman–Crippen MR) is 116 cm³/mol. The quantitative estimate of drug-likeness (QED) is 0.257. The van der Waals surface area contributed by atoms with Gasteiger partial charge in [-0.3, -0.25) is 9.20 Å². The Morgan fingerprint density at radius 3 is 2.20 bits per heavy atom. The van der Waals surface area contributed by atoms with E-state index >= 15 is 0 Å². The van der Waals surface area contributed by atoms with Gasteiger partial charge in [-0.05, 0) is 45.0 Å². The summed E-state index contributed by atoms with van der Waals surface area (Å²) in [6.45, 7) is 7.68. The largest absolute Gasteiger partial charge is 0.497 e. The van der Waals surface area contributed by atoms with E-state index in [1.807, 2.05) is 45.0 Å². The molecule has 8 heteroatoms. The summed E-state index contributed by atoms with van der Waals surface area (Å²) >= 11 is 0. The van der Waals surface area contributed by atoms with Crippen LogP contribution in [0.3, 0.4) is 0 Å². The highest BCUT2D eigenvalue weighted by molar-refractivity contribution is 14.0. The maximum atomic E-state index is 12.0. The number of hydrogen-bond donors (Lipinski definition) is 2. The van der Waals surface area contributed by atoms with Crippen LogP contribution in [0.5, 0.6) is 11.5 Å². The van der Waals surface area contributed by atoms with Crippen LogP contribution in [0, 0.1) is 0 Å². The Bertz CT molecular complexity index is 545. The smallest absolute Gasteiger partial charge is 0.191 e. The van der Waals surface area contributed by atoms with Gasteiger partial charge in [-0.15, -0.1) is 24.0 Å². The summed E-state index contributed by atoms with van der Waals surface area (Å²) < 4.78 is 22.5. The normalized spacial score (nSPS) is 12.8. The van der Waals surface area contributed by atoms with Gasteiger partial charge in [-0.1, -0.05) is 0 Å². The van der Waals surface area contributed by atoms with Crippen molar-refractivity contribution in [1.29, 1.82) is 0 Å². The Kier molecular flexibility index (Phi) is 11.8. The van der Waals surface area contributed by atoms with Gasteiger partial charge in [0.2, 0.25) is 0 Å². The number of rotatable bonds is 8. The van der Waals surface area contributed by atoms with Gasteiger partial charge in [-0.2, -0.15) is 0 Å². The first-order valence-corrected chi connectivity index (χ1v) is 9.28. The lowest BCUT2D eigenvalue weighted by Gasteiger charge is -2.18. The SMILES string of the molecule is CN=C(NCCOc1ccc(OC)cc1)NCCS(=O)C(C)(C)C.I. The first-order valence-electron chi connectivity index (χ1n) is 7.96. The zero-order chi connectivity index (χ0) is 18.0. The second-order valence-electron chi connectivity index (χ2n) is 6.11. The number of nitrogens with zero attached hydrogens (tertiary/aromatic N) is 1. The molecule has 2 N–H and O–H groups in total. The van der Waals surface area contributed by atoms with Crippen LogP contribution < -0.4 is 20.1 Å². The fraction of sp³-hybridized carbons (Fsp3) is 0.588. The molecule has 0 spiro atoms. The standard InChI is InChI=1S/C17H29N3O3S.HI/c1-17(2,3)24(21)13-11-20-16(18-4)19-10-12-23-15-8-6-14(22-5)7-9-15;/h6-9H,10-13H2,1-5H3,(H2,18,19,20);1H. The Labute approximate surface area is 170 Å². The highest BCUT2D eigenvalue weighted by Gasteiger charge is 2.18. The van der Waals surface area contributed by atoms with Crippen molar-refractivity contribution in [3.63, 3.8) is 0 Å². The summed E-state index contributed by atoms with van der Waals surface area (Å²) in [4.78, 5) is 4.14. The third-order valence-corrected chi connectivity index (χ3v) is 5.15. The van der Waals surface area contributed by atoms with E-state index in [9.17, 15) is 4.21 Å². The van der Waals surface area contributed by atoms with Gasteiger partial charge < -0.3 is 20.1 Å².